The fraction of sp³-hybridized carbons (Fsp3) is 0.600. The van der Waals surface area contributed by atoms with Crippen molar-refractivity contribution in [3.63, 3.8) is 0 Å². The number of carbonyl (C=O) groups excluding carboxylic acids is 3. The summed E-state index contributed by atoms with van der Waals surface area (Å²) in [5.41, 5.74) is 5.22. The molecule has 0 aromatic heterocycles. The number of nitrogens with one attached hydrogen (secondary N) is 1. The minimum atomic E-state index is -0.792. The van der Waals surface area contributed by atoms with E-state index in [1.54, 1.807) is 11.9 Å². The van der Waals surface area contributed by atoms with Crippen molar-refractivity contribution in [2.24, 2.45) is 5.73 Å². The van der Waals surface area contributed by atoms with Crippen LogP contribution in [0.2, 0.25) is 0 Å². The fourth-order valence-electron chi connectivity index (χ4n) is 1.55. The molecule has 1 aliphatic heterocycles. The summed E-state index contributed by atoms with van der Waals surface area (Å²) in [6, 6.07) is 0. The first-order chi connectivity index (χ1) is 8.41. The average Bonchev–Trinajstić information content (AvgIpc) is 2.48. The Morgan fingerprint density at radius 1 is 1.44 bits per heavy atom. The van der Waals surface area contributed by atoms with Gasteiger partial charge in [0.2, 0.25) is 5.91 Å². The van der Waals surface area contributed by atoms with Gasteiger partial charge < -0.3 is 20.9 Å². The monoisotopic (exact) mass is 272 g/mol. The number of thiocarbonyl (C=S) groups is 1. The lowest BCUT2D eigenvalue weighted by Crippen LogP contribution is -2.47. The van der Waals surface area contributed by atoms with Crippen LogP contribution in [0.3, 0.4) is 0 Å². The maximum atomic E-state index is 11.8. The topological polar surface area (TPSA) is 95.7 Å². The van der Waals surface area contributed by atoms with Crippen LogP contribution in [0.5, 0.6) is 0 Å². The van der Waals surface area contributed by atoms with Crippen molar-refractivity contribution in [2.45, 2.75) is 6.42 Å². The summed E-state index contributed by atoms with van der Waals surface area (Å²) in [4.78, 5) is 37.7. The largest absolute Gasteiger partial charge is 0.392 e. The van der Waals surface area contributed by atoms with E-state index in [2.05, 4.69) is 17.5 Å². The van der Waals surface area contributed by atoms with E-state index in [0.717, 1.165) is 0 Å². The molecule has 0 bridgehead atoms. The Kier molecular flexibility index (Phi) is 5.02. The third-order valence-electron chi connectivity index (χ3n) is 2.58. The van der Waals surface area contributed by atoms with Gasteiger partial charge in [-0.05, 0) is 6.42 Å². The third-order valence-corrected chi connectivity index (χ3v) is 2.72. The zero-order valence-electron chi connectivity index (χ0n) is 10.1. The molecule has 1 rings (SSSR count). The van der Waals surface area contributed by atoms with Crippen molar-refractivity contribution in [1.82, 2.24) is 15.1 Å². The summed E-state index contributed by atoms with van der Waals surface area (Å²) in [5, 5.41) is 2.30. The lowest BCUT2D eigenvalue weighted by Gasteiger charge is -2.18. The highest BCUT2D eigenvalue weighted by molar-refractivity contribution is 7.80. The molecule has 8 heteroatoms. The SMILES string of the molecule is CN1CCCN(C(=O)C(=O)NCC(N)=S)CC1=O. The highest BCUT2D eigenvalue weighted by atomic mass is 32.1. The molecule has 1 fully saturated rings. The summed E-state index contributed by atoms with van der Waals surface area (Å²) in [6.45, 7) is 0.865. The third kappa shape index (κ3) is 3.95. The lowest BCUT2D eigenvalue weighted by atomic mass is 10.3. The van der Waals surface area contributed by atoms with Crippen molar-refractivity contribution in [3.8, 4) is 0 Å². The normalized spacial score (nSPS) is 16.2. The van der Waals surface area contributed by atoms with Crippen LogP contribution < -0.4 is 11.1 Å². The molecular formula is C10H16N4O3S. The zero-order chi connectivity index (χ0) is 13.7. The molecule has 3 amide bonds. The fourth-order valence-corrected chi connectivity index (χ4v) is 1.62. The van der Waals surface area contributed by atoms with Crippen molar-refractivity contribution in [2.75, 3.05) is 33.2 Å². The molecule has 0 aromatic carbocycles. The quantitative estimate of drug-likeness (QED) is 0.451. The molecule has 1 aliphatic rings. The number of amides is 3. The van der Waals surface area contributed by atoms with Gasteiger partial charge in [0, 0.05) is 20.1 Å². The van der Waals surface area contributed by atoms with E-state index in [4.69, 9.17) is 5.73 Å². The number of likely N-dealkylation sites (N-methyl/N-ethyl adjacent to an activating group) is 1. The Balaban J connectivity index is 2.57. The van der Waals surface area contributed by atoms with E-state index in [-0.39, 0.29) is 24.0 Å². The first kappa shape index (κ1) is 14.4. The number of hydrogen-bond donors (Lipinski definition) is 2. The van der Waals surface area contributed by atoms with Gasteiger partial charge in [-0.15, -0.1) is 0 Å². The highest BCUT2D eigenvalue weighted by Gasteiger charge is 2.26. The summed E-state index contributed by atoms with van der Waals surface area (Å²) >= 11 is 4.59. The first-order valence-corrected chi connectivity index (χ1v) is 5.92. The molecule has 100 valence electrons. The molecule has 18 heavy (non-hydrogen) atoms. The van der Waals surface area contributed by atoms with Gasteiger partial charge in [-0.25, -0.2) is 0 Å². The molecule has 3 N–H and O–H groups in total. The van der Waals surface area contributed by atoms with Gasteiger partial charge in [-0.3, -0.25) is 14.4 Å². The number of nitrogens with two attached hydrogens (primary N) is 1. The molecule has 0 aliphatic carbocycles. The Morgan fingerprint density at radius 3 is 2.72 bits per heavy atom. The number of carbonyl (C=O) groups is 3. The molecule has 1 heterocycles. The van der Waals surface area contributed by atoms with Crippen LogP contribution in [0.4, 0.5) is 0 Å². The second-order valence-corrected chi connectivity index (χ2v) is 4.57. The van der Waals surface area contributed by atoms with Gasteiger partial charge in [-0.2, -0.15) is 0 Å². The molecule has 0 atom stereocenters. The minimum Gasteiger partial charge on any atom is -0.392 e. The van der Waals surface area contributed by atoms with Gasteiger partial charge in [-0.1, -0.05) is 12.2 Å². The van der Waals surface area contributed by atoms with E-state index >= 15 is 0 Å². The van der Waals surface area contributed by atoms with Crippen LogP contribution >= 0.6 is 12.2 Å². The van der Waals surface area contributed by atoms with Crippen molar-refractivity contribution < 1.29 is 14.4 Å². The van der Waals surface area contributed by atoms with E-state index in [1.807, 2.05) is 0 Å². The smallest absolute Gasteiger partial charge is 0.312 e. The van der Waals surface area contributed by atoms with E-state index in [0.29, 0.717) is 19.5 Å². The minimum absolute atomic E-state index is 0.0262. The summed E-state index contributed by atoms with van der Waals surface area (Å²) in [7, 11) is 1.67. The standard InChI is InChI=1S/C10H16N4O3S/c1-13-3-2-4-14(6-8(13)15)10(17)9(16)12-5-7(11)18/h2-6H2,1H3,(H2,11,18)(H,12,16). The van der Waals surface area contributed by atoms with E-state index < -0.39 is 11.8 Å². The summed E-state index contributed by atoms with van der Waals surface area (Å²) < 4.78 is 0. The van der Waals surface area contributed by atoms with Gasteiger partial charge in [0.05, 0.1) is 11.5 Å². The molecule has 0 radical (unpaired) electrons. The molecule has 0 unspecified atom stereocenters. The highest BCUT2D eigenvalue weighted by Crippen LogP contribution is 2.02. The van der Waals surface area contributed by atoms with Crippen molar-refractivity contribution >= 4 is 34.9 Å². The number of hydrogen-bond acceptors (Lipinski definition) is 4. The second-order valence-electron chi connectivity index (χ2n) is 4.04. The lowest BCUT2D eigenvalue weighted by molar-refractivity contribution is -0.147. The van der Waals surface area contributed by atoms with Crippen LogP contribution in [0.15, 0.2) is 0 Å². The average molecular weight is 272 g/mol. The van der Waals surface area contributed by atoms with Crippen molar-refractivity contribution in [3.05, 3.63) is 0 Å². The van der Waals surface area contributed by atoms with Crippen LogP contribution in [0, 0.1) is 0 Å². The maximum Gasteiger partial charge on any atom is 0.312 e. The second kappa shape index (κ2) is 6.29. The Morgan fingerprint density at radius 2 is 2.11 bits per heavy atom. The summed E-state index contributed by atoms with van der Waals surface area (Å²) in [5.74, 6) is -1.70. The molecular weight excluding hydrogens is 256 g/mol. The molecule has 1 saturated heterocycles. The predicted octanol–water partition coefficient (Wildman–Crippen LogP) is -1.92. The zero-order valence-corrected chi connectivity index (χ0v) is 11.0. The Labute approximate surface area is 110 Å². The van der Waals surface area contributed by atoms with E-state index in [1.165, 1.54) is 4.90 Å². The maximum absolute atomic E-state index is 11.8. The van der Waals surface area contributed by atoms with Gasteiger partial charge in [0.25, 0.3) is 0 Å². The molecule has 7 nitrogen and oxygen atoms in total. The predicted molar refractivity (Wildman–Crippen MR) is 68.6 cm³/mol. The van der Waals surface area contributed by atoms with Gasteiger partial charge >= 0.3 is 11.8 Å². The van der Waals surface area contributed by atoms with E-state index in [9.17, 15) is 14.4 Å². The molecule has 0 aromatic rings. The number of nitrogens with zero attached hydrogens (tertiary/aromatic N) is 2. The van der Waals surface area contributed by atoms with Crippen LogP contribution in [-0.2, 0) is 14.4 Å². The molecule has 0 spiro atoms. The van der Waals surface area contributed by atoms with Gasteiger partial charge in [0.1, 0.15) is 6.54 Å². The van der Waals surface area contributed by atoms with Gasteiger partial charge in [0.15, 0.2) is 0 Å². The van der Waals surface area contributed by atoms with Crippen LogP contribution in [0.1, 0.15) is 6.42 Å². The van der Waals surface area contributed by atoms with Crippen LogP contribution in [-0.4, -0.2) is 65.7 Å². The van der Waals surface area contributed by atoms with Crippen molar-refractivity contribution in [1.29, 1.82) is 0 Å². The first-order valence-electron chi connectivity index (χ1n) is 5.51. The van der Waals surface area contributed by atoms with Crippen LogP contribution in [0.25, 0.3) is 0 Å². The number of rotatable bonds is 2. The summed E-state index contributed by atoms with van der Waals surface area (Å²) in [6.07, 6.45) is 0.649. The molecule has 0 saturated carbocycles. The Hall–Kier alpha value is -1.70. The Bertz CT molecular complexity index is 385.